The van der Waals surface area contributed by atoms with Gasteiger partial charge < -0.3 is 10.0 Å². The first-order valence-electron chi connectivity index (χ1n) is 7.17. The van der Waals surface area contributed by atoms with Crippen LogP contribution < -0.4 is 4.90 Å². The van der Waals surface area contributed by atoms with E-state index in [2.05, 4.69) is 43.0 Å². The summed E-state index contributed by atoms with van der Waals surface area (Å²) < 4.78 is 0. The molecule has 20 heavy (non-hydrogen) atoms. The summed E-state index contributed by atoms with van der Waals surface area (Å²) in [4.78, 5) is 8.07. The van der Waals surface area contributed by atoms with Crippen LogP contribution in [0.3, 0.4) is 0 Å². The SMILES string of the molecule is CCN(c1cccc(C)c1)c1nc(C2CC2)c(CO)s1. The lowest BCUT2D eigenvalue weighted by Gasteiger charge is -2.20. The summed E-state index contributed by atoms with van der Waals surface area (Å²) in [6.07, 6.45) is 2.43. The third-order valence-electron chi connectivity index (χ3n) is 3.68. The fourth-order valence-electron chi connectivity index (χ4n) is 2.48. The van der Waals surface area contributed by atoms with E-state index in [1.165, 1.54) is 24.1 Å². The summed E-state index contributed by atoms with van der Waals surface area (Å²) in [5.41, 5.74) is 3.55. The molecule has 0 radical (unpaired) electrons. The Labute approximate surface area is 123 Å². The zero-order valence-electron chi connectivity index (χ0n) is 12.0. The normalized spacial score (nSPS) is 14.6. The largest absolute Gasteiger partial charge is 0.391 e. The number of anilines is 2. The van der Waals surface area contributed by atoms with Crippen LogP contribution in [0.5, 0.6) is 0 Å². The number of aryl methyl sites for hydroxylation is 1. The molecule has 3 nitrogen and oxygen atoms in total. The highest BCUT2D eigenvalue weighted by Gasteiger charge is 2.30. The van der Waals surface area contributed by atoms with Gasteiger partial charge in [-0.05, 0) is 44.4 Å². The number of aromatic nitrogens is 1. The van der Waals surface area contributed by atoms with Crippen LogP contribution in [0.2, 0.25) is 0 Å². The van der Waals surface area contributed by atoms with Crippen LogP contribution in [0.1, 0.15) is 41.8 Å². The maximum Gasteiger partial charge on any atom is 0.190 e. The highest BCUT2D eigenvalue weighted by atomic mass is 32.1. The minimum Gasteiger partial charge on any atom is -0.391 e. The number of aliphatic hydroxyl groups excluding tert-OH is 1. The van der Waals surface area contributed by atoms with Gasteiger partial charge in [-0.15, -0.1) is 0 Å². The second-order valence-electron chi connectivity index (χ2n) is 5.32. The average molecular weight is 288 g/mol. The standard InChI is InChI=1S/C16H20N2OS/c1-3-18(13-6-4-5-11(2)9-13)16-17-15(12-7-8-12)14(10-19)20-16/h4-6,9,12,19H,3,7-8,10H2,1-2H3. The first-order valence-corrected chi connectivity index (χ1v) is 7.99. The molecule has 3 rings (SSSR count). The summed E-state index contributed by atoms with van der Waals surface area (Å²) in [6, 6.07) is 8.48. The highest BCUT2D eigenvalue weighted by molar-refractivity contribution is 7.15. The molecule has 0 bridgehead atoms. The average Bonchev–Trinajstić information content (AvgIpc) is 3.20. The highest BCUT2D eigenvalue weighted by Crippen LogP contribution is 2.44. The summed E-state index contributed by atoms with van der Waals surface area (Å²) in [6.45, 7) is 5.23. The van der Waals surface area contributed by atoms with Gasteiger partial charge in [-0.2, -0.15) is 0 Å². The molecular formula is C16H20N2OS. The topological polar surface area (TPSA) is 36.4 Å². The van der Waals surface area contributed by atoms with Gasteiger partial charge in [-0.1, -0.05) is 23.5 Å². The molecule has 0 atom stereocenters. The Morgan fingerprint density at radius 1 is 1.40 bits per heavy atom. The second kappa shape index (κ2) is 5.54. The number of thiazole rings is 1. The van der Waals surface area contributed by atoms with Crippen LogP contribution in [-0.2, 0) is 6.61 Å². The summed E-state index contributed by atoms with van der Waals surface area (Å²) in [5.74, 6) is 0.582. The molecule has 1 N–H and O–H groups in total. The Balaban J connectivity index is 1.96. The molecule has 1 heterocycles. The first kappa shape index (κ1) is 13.6. The molecule has 1 fully saturated rings. The van der Waals surface area contributed by atoms with E-state index < -0.39 is 0 Å². The lowest BCUT2D eigenvalue weighted by atomic mass is 10.2. The molecule has 106 valence electrons. The number of aliphatic hydroxyl groups is 1. The van der Waals surface area contributed by atoms with Gasteiger partial charge >= 0.3 is 0 Å². The van der Waals surface area contributed by atoms with Crippen molar-refractivity contribution in [3.8, 4) is 0 Å². The quantitative estimate of drug-likeness (QED) is 0.904. The van der Waals surface area contributed by atoms with E-state index in [-0.39, 0.29) is 6.61 Å². The van der Waals surface area contributed by atoms with Gasteiger partial charge in [0, 0.05) is 18.2 Å². The van der Waals surface area contributed by atoms with Crippen molar-refractivity contribution < 1.29 is 5.11 Å². The second-order valence-corrected chi connectivity index (χ2v) is 6.38. The minimum atomic E-state index is 0.106. The van der Waals surface area contributed by atoms with E-state index >= 15 is 0 Å². The molecule has 1 aliphatic carbocycles. The van der Waals surface area contributed by atoms with Crippen LogP contribution in [0.4, 0.5) is 10.8 Å². The molecule has 0 spiro atoms. The lowest BCUT2D eigenvalue weighted by Crippen LogP contribution is -2.15. The number of hydrogen-bond donors (Lipinski definition) is 1. The smallest absolute Gasteiger partial charge is 0.190 e. The summed E-state index contributed by atoms with van der Waals surface area (Å²) >= 11 is 1.63. The minimum absolute atomic E-state index is 0.106. The van der Waals surface area contributed by atoms with Crippen molar-refractivity contribution in [2.24, 2.45) is 0 Å². The van der Waals surface area contributed by atoms with Crippen LogP contribution in [0, 0.1) is 6.92 Å². The van der Waals surface area contributed by atoms with Crippen LogP contribution in [0.15, 0.2) is 24.3 Å². The zero-order chi connectivity index (χ0) is 14.1. The molecule has 1 aromatic carbocycles. The monoisotopic (exact) mass is 288 g/mol. The number of benzene rings is 1. The van der Waals surface area contributed by atoms with Crippen molar-refractivity contribution in [3.05, 3.63) is 40.4 Å². The predicted molar refractivity (Wildman–Crippen MR) is 83.9 cm³/mol. The third-order valence-corrected chi connectivity index (χ3v) is 4.76. The lowest BCUT2D eigenvalue weighted by molar-refractivity contribution is 0.284. The first-order chi connectivity index (χ1) is 9.72. The van der Waals surface area contributed by atoms with Crippen molar-refractivity contribution in [1.29, 1.82) is 0 Å². The van der Waals surface area contributed by atoms with E-state index in [9.17, 15) is 5.11 Å². The predicted octanol–water partition coefficient (Wildman–Crippen LogP) is 3.98. The maximum absolute atomic E-state index is 9.53. The fraction of sp³-hybridized carbons (Fsp3) is 0.438. The van der Waals surface area contributed by atoms with Gasteiger partial charge in [0.2, 0.25) is 0 Å². The van der Waals surface area contributed by atoms with Gasteiger partial charge in [0.05, 0.1) is 17.2 Å². The van der Waals surface area contributed by atoms with E-state index in [0.29, 0.717) is 5.92 Å². The Morgan fingerprint density at radius 2 is 2.20 bits per heavy atom. The molecule has 1 aliphatic rings. The molecule has 1 aromatic heterocycles. The molecule has 1 saturated carbocycles. The Hall–Kier alpha value is -1.39. The van der Waals surface area contributed by atoms with Gasteiger partial charge in [-0.3, -0.25) is 0 Å². The van der Waals surface area contributed by atoms with Crippen molar-refractivity contribution >= 4 is 22.2 Å². The van der Waals surface area contributed by atoms with Crippen molar-refractivity contribution in [1.82, 2.24) is 4.98 Å². The molecule has 4 heteroatoms. The molecule has 0 amide bonds. The summed E-state index contributed by atoms with van der Waals surface area (Å²) in [7, 11) is 0. The van der Waals surface area contributed by atoms with Gasteiger partial charge in [0.1, 0.15) is 0 Å². The Morgan fingerprint density at radius 3 is 2.80 bits per heavy atom. The van der Waals surface area contributed by atoms with E-state index in [1.54, 1.807) is 11.3 Å². The van der Waals surface area contributed by atoms with Crippen molar-refractivity contribution in [2.45, 2.75) is 39.2 Å². The van der Waals surface area contributed by atoms with Gasteiger partial charge in [0.15, 0.2) is 5.13 Å². The van der Waals surface area contributed by atoms with E-state index in [1.807, 2.05) is 0 Å². The summed E-state index contributed by atoms with van der Waals surface area (Å²) in [5, 5.41) is 10.5. The Kier molecular flexibility index (Phi) is 3.76. The van der Waals surface area contributed by atoms with Crippen molar-refractivity contribution in [2.75, 3.05) is 11.4 Å². The number of hydrogen-bond acceptors (Lipinski definition) is 4. The van der Waals surface area contributed by atoms with Crippen molar-refractivity contribution in [3.63, 3.8) is 0 Å². The van der Waals surface area contributed by atoms with E-state index in [4.69, 9.17) is 4.98 Å². The van der Waals surface area contributed by atoms with Gasteiger partial charge in [0.25, 0.3) is 0 Å². The molecule has 0 saturated heterocycles. The number of nitrogens with zero attached hydrogens (tertiary/aromatic N) is 2. The van der Waals surface area contributed by atoms with Crippen LogP contribution in [0.25, 0.3) is 0 Å². The molecule has 2 aromatic rings. The third kappa shape index (κ3) is 2.58. The molecule has 0 aliphatic heterocycles. The molecular weight excluding hydrogens is 268 g/mol. The van der Waals surface area contributed by atoms with Crippen LogP contribution >= 0.6 is 11.3 Å². The zero-order valence-corrected chi connectivity index (χ0v) is 12.8. The number of rotatable bonds is 5. The Bertz CT molecular complexity index is 604. The fourth-order valence-corrected chi connectivity index (χ4v) is 3.57. The van der Waals surface area contributed by atoms with E-state index in [0.717, 1.165) is 22.2 Å². The molecule has 0 unspecified atom stereocenters. The van der Waals surface area contributed by atoms with Gasteiger partial charge in [-0.25, -0.2) is 4.98 Å². The van der Waals surface area contributed by atoms with Crippen LogP contribution in [-0.4, -0.2) is 16.6 Å². The maximum atomic E-state index is 9.53.